The first-order valence-electron chi connectivity index (χ1n) is 5.84. The van der Waals surface area contributed by atoms with E-state index < -0.39 is 0 Å². The third-order valence-electron chi connectivity index (χ3n) is 2.81. The smallest absolute Gasteiger partial charge is 0.134 e. The third-order valence-corrected chi connectivity index (χ3v) is 3.91. The zero-order valence-corrected chi connectivity index (χ0v) is 11.9. The predicted octanol–water partition coefficient (Wildman–Crippen LogP) is 3.83. The van der Waals surface area contributed by atoms with E-state index in [-0.39, 0.29) is 0 Å². The minimum atomic E-state index is 0.589. The number of hydrogen-bond acceptors (Lipinski definition) is 4. The molecule has 0 spiro atoms. The summed E-state index contributed by atoms with van der Waals surface area (Å²) in [7, 11) is 1.63. The van der Waals surface area contributed by atoms with Crippen LogP contribution in [0.25, 0.3) is 11.6 Å². The van der Waals surface area contributed by atoms with Crippen molar-refractivity contribution in [1.82, 2.24) is 4.98 Å². The number of ether oxygens (including phenoxy) is 1. The Morgan fingerprint density at radius 1 is 1.32 bits per heavy atom. The number of nitriles is 1. The van der Waals surface area contributed by atoms with Crippen LogP contribution in [0.2, 0.25) is 0 Å². The SMILES string of the molecule is COc1ccc(/C=C(\C#N)c2nc(C)c(C)s2)cc1. The Labute approximate surface area is 116 Å². The monoisotopic (exact) mass is 270 g/mol. The Kier molecular flexibility index (Phi) is 3.98. The molecule has 0 saturated heterocycles. The highest BCUT2D eigenvalue weighted by atomic mass is 32.1. The van der Waals surface area contributed by atoms with Crippen molar-refractivity contribution in [3.63, 3.8) is 0 Å². The molecule has 2 aromatic rings. The van der Waals surface area contributed by atoms with Gasteiger partial charge in [-0.1, -0.05) is 12.1 Å². The van der Waals surface area contributed by atoms with Gasteiger partial charge in [-0.05, 0) is 37.6 Å². The van der Waals surface area contributed by atoms with Gasteiger partial charge in [0.1, 0.15) is 16.8 Å². The van der Waals surface area contributed by atoms with Crippen LogP contribution >= 0.6 is 11.3 Å². The standard InChI is InChI=1S/C15H14N2OS/c1-10-11(2)19-15(17-10)13(9-16)8-12-4-6-14(18-3)7-5-12/h4-8H,1-3H3/b13-8+. The summed E-state index contributed by atoms with van der Waals surface area (Å²) in [5.41, 5.74) is 2.53. The minimum absolute atomic E-state index is 0.589. The molecule has 0 fully saturated rings. The Hall–Kier alpha value is -2.12. The van der Waals surface area contributed by atoms with Gasteiger partial charge in [0.2, 0.25) is 0 Å². The number of rotatable bonds is 3. The molecule has 0 atom stereocenters. The molecule has 4 heteroatoms. The van der Waals surface area contributed by atoms with Gasteiger partial charge in [0, 0.05) is 4.88 Å². The molecule has 0 saturated carbocycles. The highest BCUT2D eigenvalue weighted by Gasteiger charge is 2.08. The number of thiazole rings is 1. The van der Waals surface area contributed by atoms with Crippen LogP contribution in [0, 0.1) is 25.2 Å². The minimum Gasteiger partial charge on any atom is -0.497 e. The van der Waals surface area contributed by atoms with Crippen LogP contribution in [0.4, 0.5) is 0 Å². The van der Waals surface area contributed by atoms with E-state index in [1.54, 1.807) is 18.4 Å². The van der Waals surface area contributed by atoms with Gasteiger partial charge < -0.3 is 4.74 Å². The zero-order valence-electron chi connectivity index (χ0n) is 11.1. The molecule has 96 valence electrons. The van der Waals surface area contributed by atoms with Crippen molar-refractivity contribution in [1.29, 1.82) is 5.26 Å². The highest BCUT2D eigenvalue weighted by molar-refractivity contribution is 7.12. The van der Waals surface area contributed by atoms with Gasteiger partial charge in [0.05, 0.1) is 18.4 Å². The maximum absolute atomic E-state index is 9.27. The molecular formula is C15H14N2OS. The number of hydrogen-bond donors (Lipinski definition) is 0. The molecular weight excluding hydrogens is 256 g/mol. The van der Waals surface area contributed by atoms with Crippen molar-refractivity contribution in [3.05, 3.63) is 45.4 Å². The van der Waals surface area contributed by atoms with Crippen molar-refractivity contribution in [2.75, 3.05) is 7.11 Å². The summed E-state index contributed by atoms with van der Waals surface area (Å²) in [6.07, 6.45) is 1.84. The maximum atomic E-state index is 9.27. The van der Waals surface area contributed by atoms with Gasteiger partial charge in [-0.15, -0.1) is 11.3 Å². The van der Waals surface area contributed by atoms with E-state index in [9.17, 15) is 5.26 Å². The Balaban J connectivity index is 2.35. The molecule has 0 aliphatic carbocycles. The first-order chi connectivity index (χ1) is 9.13. The molecule has 1 aromatic heterocycles. The first kappa shape index (κ1) is 13.3. The van der Waals surface area contributed by atoms with Crippen LogP contribution in [0.15, 0.2) is 24.3 Å². The lowest BCUT2D eigenvalue weighted by molar-refractivity contribution is 0.415. The number of benzene rings is 1. The molecule has 0 unspecified atom stereocenters. The van der Waals surface area contributed by atoms with Crippen molar-refractivity contribution in [3.8, 4) is 11.8 Å². The van der Waals surface area contributed by atoms with Gasteiger partial charge in [-0.3, -0.25) is 0 Å². The molecule has 0 amide bonds. The number of allylic oxidation sites excluding steroid dienone is 1. The van der Waals surface area contributed by atoms with E-state index in [1.807, 2.05) is 44.2 Å². The fourth-order valence-electron chi connectivity index (χ4n) is 1.60. The zero-order chi connectivity index (χ0) is 13.8. The van der Waals surface area contributed by atoms with Crippen molar-refractivity contribution < 1.29 is 4.74 Å². The molecule has 19 heavy (non-hydrogen) atoms. The summed E-state index contributed by atoms with van der Waals surface area (Å²) in [4.78, 5) is 5.56. The summed E-state index contributed by atoms with van der Waals surface area (Å²) >= 11 is 1.55. The van der Waals surface area contributed by atoms with E-state index in [4.69, 9.17) is 4.74 Å². The second-order valence-corrected chi connectivity index (χ2v) is 5.31. The lowest BCUT2D eigenvalue weighted by atomic mass is 10.1. The summed E-state index contributed by atoms with van der Waals surface area (Å²) in [5, 5.41) is 10.0. The lowest BCUT2D eigenvalue weighted by Gasteiger charge is -1.99. The second kappa shape index (κ2) is 5.68. The Morgan fingerprint density at radius 2 is 2.00 bits per heavy atom. The van der Waals surface area contributed by atoms with E-state index in [2.05, 4.69) is 11.1 Å². The van der Waals surface area contributed by atoms with Gasteiger partial charge in [0.25, 0.3) is 0 Å². The molecule has 3 nitrogen and oxygen atoms in total. The largest absolute Gasteiger partial charge is 0.497 e. The summed E-state index contributed by atoms with van der Waals surface area (Å²) < 4.78 is 5.11. The molecule has 0 radical (unpaired) electrons. The van der Waals surface area contributed by atoms with Gasteiger partial charge >= 0.3 is 0 Å². The molecule has 1 heterocycles. The maximum Gasteiger partial charge on any atom is 0.134 e. The van der Waals surface area contributed by atoms with Crippen LogP contribution in [0.3, 0.4) is 0 Å². The number of aryl methyl sites for hydroxylation is 2. The average Bonchev–Trinajstić information content (AvgIpc) is 2.76. The summed E-state index contributed by atoms with van der Waals surface area (Å²) in [6.45, 7) is 3.97. The average molecular weight is 270 g/mol. The predicted molar refractivity (Wildman–Crippen MR) is 78.1 cm³/mol. The molecule has 0 bridgehead atoms. The quantitative estimate of drug-likeness (QED) is 0.796. The first-order valence-corrected chi connectivity index (χ1v) is 6.66. The van der Waals surface area contributed by atoms with Crippen LogP contribution < -0.4 is 4.74 Å². The number of methoxy groups -OCH3 is 1. The van der Waals surface area contributed by atoms with E-state index in [0.29, 0.717) is 5.57 Å². The summed E-state index contributed by atoms with van der Waals surface area (Å²) in [6, 6.07) is 9.80. The van der Waals surface area contributed by atoms with E-state index >= 15 is 0 Å². The van der Waals surface area contributed by atoms with Crippen molar-refractivity contribution in [2.24, 2.45) is 0 Å². The fraction of sp³-hybridized carbons (Fsp3) is 0.200. The normalized spacial score (nSPS) is 11.2. The van der Waals surface area contributed by atoms with Gasteiger partial charge in [-0.25, -0.2) is 4.98 Å². The lowest BCUT2D eigenvalue weighted by Crippen LogP contribution is -1.83. The van der Waals surface area contributed by atoms with Crippen LogP contribution in [0.1, 0.15) is 21.1 Å². The molecule has 0 aliphatic rings. The van der Waals surface area contributed by atoms with Crippen LogP contribution in [-0.4, -0.2) is 12.1 Å². The second-order valence-electron chi connectivity index (χ2n) is 4.10. The molecule has 0 N–H and O–H groups in total. The Bertz CT molecular complexity index is 628. The van der Waals surface area contributed by atoms with Gasteiger partial charge in [0.15, 0.2) is 0 Å². The Morgan fingerprint density at radius 3 is 2.47 bits per heavy atom. The van der Waals surface area contributed by atoms with Crippen molar-refractivity contribution >= 4 is 23.0 Å². The van der Waals surface area contributed by atoms with Crippen LogP contribution in [-0.2, 0) is 0 Å². The fourth-order valence-corrected chi connectivity index (χ4v) is 2.48. The van der Waals surface area contributed by atoms with Gasteiger partial charge in [-0.2, -0.15) is 5.26 Å². The third kappa shape index (κ3) is 3.01. The van der Waals surface area contributed by atoms with E-state index in [0.717, 1.165) is 26.9 Å². The highest BCUT2D eigenvalue weighted by Crippen LogP contribution is 2.25. The number of nitrogens with zero attached hydrogens (tertiary/aromatic N) is 2. The summed E-state index contributed by atoms with van der Waals surface area (Å²) in [5.74, 6) is 0.802. The van der Waals surface area contributed by atoms with E-state index in [1.165, 1.54) is 0 Å². The molecule has 2 rings (SSSR count). The topological polar surface area (TPSA) is 45.9 Å². The van der Waals surface area contributed by atoms with Crippen LogP contribution in [0.5, 0.6) is 5.75 Å². The number of aromatic nitrogens is 1. The molecule has 1 aromatic carbocycles. The molecule has 0 aliphatic heterocycles. The van der Waals surface area contributed by atoms with Crippen molar-refractivity contribution in [2.45, 2.75) is 13.8 Å².